The predicted molar refractivity (Wildman–Crippen MR) is 123 cm³/mol. The zero-order valence-electron chi connectivity index (χ0n) is 18.3. The topological polar surface area (TPSA) is 67.4 Å². The van der Waals surface area contributed by atoms with Crippen molar-refractivity contribution in [2.24, 2.45) is 11.8 Å². The zero-order valence-corrected chi connectivity index (χ0v) is 18.3. The largest absolute Gasteiger partial charge is 0.489 e. The van der Waals surface area contributed by atoms with Gasteiger partial charge in [-0.05, 0) is 42.9 Å². The van der Waals surface area contributed by atoms with Gasteiger partial charge in [-0.3, -0.25) is 9.59 Å². The molecule has 0 fully saturated rings. The first-order valence-corrected chi connectivity index (χ1v) is 11.0. The van der Waals surface area contributed by atoms with Crippen LogP contribution in [0.3, 0.4) is 0 Å². The van der Waals surface area contributed by atoms with Crippen molar-refractivity contribution in [3.8, 4) is 5.75 Å². The molecule has 5 heteroatoms. The van der Waals surface area contributed by atoms with E-state index >= 15 is 0 Å². The molecule has 2 atom stereocenters. The zero-order chi connectivity index (χ0) is 22.1. The third-order valence-electron chi connectivity index (χ3n) is 5.36. The lowest BCUT2D eigenvalue weighted by atomic mass is 9.94. The van der Waals surface area contributed by atoms with Gasteiger partial charge in [-0.2, -0.15) is 0 Å². The molecule has 1 heterocycles. The first-order chi connectivity index (χ1) is 15.0. The fraction of sp³-hybridized carbons (Fsp3) is 0.385. The van der Waals surface area contributed by atoms with Gasteiger partial charge in [0.1, 0.15) is 12.4 Å². The third kappa shape index (κ3) is 6.99. The lowest BCUT2D eigenvalue weighted by Gasteiger charge is -2.24. The Hall–Kier alpha value is -3.08. The molecule has 2 amide bonds. The summed E-state index contributed by atoms with van der Waals surface area (Å²) in [4.78, 5) is 25.9. The molecule has 0 radical (unpaired) electrons. The number of rotatable bonds is 4. The number of fused-ring (bicyclic) bond motifs is 1. The van der Waals surface area contributed by atoms with Crippen LogP contribution in [-0.2, 0) is 11.2 Å². The molecule has 31 heavy (non-hydrogen) atoms. The molecule has 0 spiro atoms. The molecule has 2 N–H and O–H groups in total. The Balaban J connectivity index is 1.82. The highest BCUT2D eigenvalue weighted by molar-refractivity contribution is 5.97. The first-order valence-electron chi connectivity index (χ1n) is 11.0. The van der Waals surface area contributed by atoms with Gasteiger partial charge in [0.2, 0.25) is 5.91 Å². The maximum absolute atomic E-state index is 13.2. The van der Waals surface area contributed by atoms with Crippen LogP contribution in [0.5, 0.6) is 5.75 Å². The van der Waals surface area contributed by atoms with E-state index in [9.17, 15) is 9.59 Å². The quantitative estimate of drug-likeness (QED) is 0.731. The summed E-state index contributed by atoms with van der Waals surface area (Å²) < 4.78 is 5.83. The van der Waals surface area contributed by atoms with Crippen LogP contribution in [0.4, 0.5) is 0 Å². The molecule has 0 bridgehead atoms. The fourth-order valence-electron chi connectivity index (χ4n) is 3.82. The average Bonchev–Trinajstić information content (AvgIpc) is 2.76. The Kier molecular flexibility index (Phi) is 8.27. The second-order valence-corrected chi connectivity index (χ2v) is 8.45. The van der Waals surface area contributed by atoms with Crippen molar-refractivity contribution >= 4 is 11.8 Å². The third-order valence-corrected chi connectivity index (χ3v) is 5.36. The van der Waals surface area contributed by atoms with Gasteiger partial charge in [-0.1, -0.05) is 68.5 Å². The molecule has 164 valence electrons. The number of hydrogen-bond donors (Lipinski definition) is 2. The Morgan fingerprint density at radius 2 is 1.74 bits per heavy atom. The molecule has 1 unspecified atom stereocenters. The first kappa shape index (κ1) is 22.6. The average molecular weight is 421 g/mol. The smallest absolute Gasteiger partial charge is 0.255 e. The van der Waals surface area contributed by atoms with Crippen molar-refractivity contribution in [1.29, 1.82) is 0 Å². The number of ether oxygens (including phenoxy) is 1. The molecule has 0 aliphatic carbocycles. The summed E-state index contributed by atoms with van der Waals surface area (Å²) in [6.07, 6.45) is 6.00. The summed E-state index contributed by atoms with van der Waals surface area (Å²) in [6, 6.07) is 17.2. The maximum Gasteiger partial charge on any atom is 0.255 e. The summed E-state index contributed by atoms with van der Waals surface area (Å²) in [5.74, 6) is 0.600. The molecule has 2 aromatic carbocycles. The number of allylic oxidation sites excluding steroid dienone is 1. The van der Waals surface area contributed by atoms with Gasteiger partial charge in [0.15, 0.2) is 0 Å². The summed E-state index contributed by atoms with van der Waals surface area (Å²) in [5.41, 5.74) is 1.64. The summed E-state index contributed by atoms with van der Waals surface area (Å²) >= 11 is 0. The van der Waals surface area contributed by atoms with Crippen molar-refractivity contribution in [3.63, 3.8) is 0 Å². The second-order valence-electron chi connectivity index (χ2n) is 8.45. The molecule has 5 nitrogen and oxygen atoms in total. The van der Waals surface area contributed by atoms with Gasteiger partial charge in [-0.15, -0.1) is 0 Å². The number of nitrogens with one attached hydrogen (secondary N) is 2. The SMILES string of the molecule is CC(C)C[C@H]1CNC(=O)c2ccccc2OC/C=C\CC(Cc2ccccc2)C(=O)N1. The Morgan fingerprint density at radius 3 is 2.52 bits per heavy atom. The van der Waals surface area contributed by atoms with Crippen LogP contribution in [0, 0.1) is 11.8 Å². The number of para-hydroxylation sites is 1. The van der Waals surface area contributed by atoms with Gasteiger partial charge in [-0.25, -0.2) is 0 Å². The van der Waals surface area contributed by atoms with E-state index in [1.54, 1.807) is 12.1 Å². The van der Waals surface area contributed by atoms with E-state index in [-0.39, 0.29) is 23.8 Å². The van der Waals surface area contributed by atoms with Crippen LogP contribution in [-0.4, -0.2) is 31.0 Å². The molecule has 0 saturated carbocycles. The Labute approximate surface area is 184 Å². The molecule has 1 aliphatic heterocycles. The van der Waals surface area contributed by atoms with E-state index in [1.165, 1.54) is 0 Å². The van der Waals surface area contributed by atoms with Crippen LogP contribution < -0.4 is 15.4 Å². The second kappa shape index (κ2) is 11.3. The maximum atomic E-state index is 13.2. The molecule has 2 aromatic rings. The van der Waals surface area contributed by atoms with E-state index in [4.69, 9.17) is 4.74 Å². The highest BCUT2D eigenvalue weighted by atomic mass is 16.5. The number of carbonyl (C=O) groups is 2. The summed E-state index contributed by atoms with van der Waals surface area (Å²) in [5, 5.41) is 6.18. The minimum atomic E-state index is -0.194. The fourth-order valence-corrected chi connectivity index (χ4v) is 3.82. The molecule has 0 aromatic heterocycles. The lowest BCUT2D eigenvalue weighted by Crippen LogP contribution is -2.46. The monoisotopic (exact) mass is 420 g/mol. The Bertz CT molecular complexity index is 893. The van der Waals surface area contributed by atoms with Gasteiger partial charge in [0.05, 0.1) is 5.56 Å². The van der Waals surface area contributed by atoms with Crippen molar-refractivity contribution in [2.45, 2.75) is 39.2 Å². The van der Waals surface area contributed by atoms with Gasteiger partial charge in [0, 0.05) is 18.5 Å². The summed E-state index contributed by atoms with van der Waals surface area (Å²) in [7, 11) is 0. The van der Waals surface area contributed by atoms with Crippen LogP contribution in [0.1, 0.15) is 42.6 Å². The van der Waals surface area contributed by atoms with E-state index in [0.29, 0.717) is 43.2 Å². The van der Waals surface area contributed by atoms with E-state index < -0.39 is 0 Å². The van der Waals surface area contributed by atoms with E-state index in [1.807, 2.05) is 54.6 Å². The number of carbonyl (C=O) groups excluding carboxylic acids is 2. The molecular formula is C26H32N2O3. The normalized spacial score (nSPS) is 21.3. The van der Waals surface area contributed by atoms with Crippen molar-refractivity contribution in [2.75, 3.05) is 13.2 Å². The van der Waals surface area contributed by atoms with Gasteiger partial charge < -0.3 is 15.4 Å². The van der Waals surface area contributed by atoms with Crippen LogP contribution in [0.25, 0.3) is 0 Å². The molecule has 0 saturated heterocycles. The highest BCUT2D eigenvalue weighted by Crippen LogP contribution is 2.19. The lowest BCUT2D eigenvalue weighted by molar-refractivity contribution is -0.125. The van der Waals surface area contributed by atoms with Crippen molar-refractivity contribution in [3.05, 3.63) is 77.9 Å². The van der Waals surface area contributed by atoms with E-state index in [0.717, 1.165) is 12.0 Å². The van der Waals surface area contributed by atoms with Crippen molar-refractivity contribution < 1.29 is 14.3 Å². The van der Waals surface area contributed by atoms with Crippen LogP contribution >= 0.6 is 0 Å². The van der Waals surface area contributed by atoms with Crippen molar-refractivity contribution in [1.82, 2.24) is 10.6 Å². The highest BCUT2D eigenvalue weighted by Gasteiger charge is 2.23. The van der Waals surface area contributed by atoms with Crippen LogP contribution in [0.15, 0.2) is 66.7 Å². The number of amides is 2. The number of benzene rings is 2. The molecule has 3 rings (SSSR count). The van der Waals surface area contributed by atoms with Gasteiger partial charge >= 0.3 is 0 Å². The molecular weight excluding hydrogens is 388 g/mol. The van der Waals surface area contributed by atoms with Gasteiger partial charge in [0.25, 0.3) is 5.91 Å². The predicted octanol–water partition coefficient (Wildman–Crippen LogP) is 4.14. The molecule has 1 aliphatic rings. The Morgan fingerprint density at radius 1 is 1.00 bits per heavy atom. The number of hydrogen-bond acceptors (Lipinski definition) is 3. The minimum Gasteiger partial charge on any atom is -0.489 e. The van der Waals surface area contributed by atoms with Crippen LogP contribution in [0.2, 0.25) is 0 Å². The summed E-state index contributed by atoms with van der Waals surface area (Å²) in [6.45, 7) is 4.96. The van der Waals surface area contributed by atoms with E-state index in [2.05, 4.69) is 24.5 Å². The standard InChI is InChI=1S/C26H32N2O3/c1-19(2)16-22-18-27-26(30)23-13-6-7-14-24(23)31-15-9-8-12-21(25(29)28-22)17-20-10-4-3-5-11-20/h3-11,13-14,19,21-22H,12,15-18H2,1-2H3,(H,27,30)(H,28,29)/b9-8-/t21?,22-/m0/s1. The minimum absolute atomic E-state index is 0.0202.